The highest BCUT2D eigenvalue weighted by Crippen LogP contribution is 2.22. The summed E-state index contributed by atoms with van der Waals surface area (Å²) in [5.41, 5.74) is 0.607. The Labute approximate surface area is 86.9 Å². The van der Waals surface area contributed by atoms with Gasteiger partial charge in [-0.15, -0.1) is 0 Å². The summed E-state index contributed by atoms with van der Waals surface area (Å²) in [5, 5.41) is 0. The summed E-state index contributed by atoms with van der Waals surface area (Å²) in [6.07, 6.45) is 1.50. The molecule has 1 aromatic carbocycles. The monoisotopic (exact) mass is 224 g/mol. The van der Waals surface area contributed by atoms with Crippen molar-refractivity contribution in [2.24, 2.45) is 0 Å². The van der Waals surface area contributed by atoms with Crippen molar-refractivity contribution in [2.45, 2.75) is 4.90 Å². The molecule has 2 aromatic rings. The molecule has 0 amide bonds. The van der Waals surface area contributed by atoms with E-state index in [9.17, 15) is 8.42 Å². The van der Waals surface area contributed by atoms with Gasteiger partial charge in [-0.2, -0.15) is 8.42 Å². The molecule has 15 heavy (non-hydrogen) atoms. The first-order valence-electron chi connectivity index (χ1n) is 4.19. The fourth-order valence-corrected chi connectivity index (χ4v) is 1.78. The van der Waals surface area contributed by atoms with Crippen molar-refractivity contribution in [1.82, 2.24) is 0 Å². The topological polar surface area (TPSA) is 67.5 Å². The first-order chi connectivity index (χ1) is 7.07. The molecule has 0 aliphatic carbocycles. The maximum absolute atomic E-state index is 10.9. The van der Waals surface area contributed by atoms with Gasteiger partial charge >= 0.3 is 0 Å². The van der Waals surface area contributed by atoms with Crippen LogP contribution in [0.25, 0.3) is 11.3 Å². The average molecular weight is 224 g/mol. The van der Waals surface area contributed by atoms with Crippen LogP contribution in [-0.4, -0.2) is 13.0 Å². The fourth-order valence-electron chi connectivity index (χ4n) is 1.25. The van der Waals surface area contributed by atoms with Crippen LogP contribution >= 0.6 is 0 Å². The molecule has 0 fully saturated rings. The molecule has 1 heterocycles. The van der Waals surface area contributed by atoms with Gasteiger partial charge in [0.1, 0.15) is 5.76 Å². The van der Waals surface area contributed by atoms with Gasteiger partial charge in [0.2, 0.25) is 0 Å². The van der Waals surface area contributed by atoms with Crippen molar-refractivity contribution >= 4 is 10.1 Å². The zero-order chi connectivity index (χ0) is 10.9. The third-order valence-corrected chi connectivity index (χ3v) is 2.79. The standard InChI is InChI=1S/C10H8O4S/c11-15(12,13)9-4-1-3-8(7-9)10-5-2-6-14-10/h1-7H,(H,11,12,13). The maximum atomic E-state index is 10.9. The first kappa shape index (κ1) is 9.95. The summed E-state index contributed by atoms with van der Waals surface area (Å²) in [5.74, 6) is 0.556. The second-order valence-electron chi connectivity index (χ2n) is 2.98. The van der Waals surface area contributed by atoms with Crippen LogP contribution in [0.3, 0.4) is 0 Å². The van der Waals surface area contributed by atoms with E-state index in [1.165, 1.54) is 18.4 Å². The highest BCUT2D eigenvalue weighted by molar-refractivity contribution is 7.85. The van der Waals surface area contributed by atoms with E-state index < -0.39 is 10.1 Å². The van der Waals surface area contributed by atoms with Gasteiger partial charge in [-0.1, -0.05) is 12.1 Å². The number of hydrogen-bond donors (Lipinski definition) is 1. The molecular formula is C10H8O4S. The van der Waals surface area contributed by atoms with E-state index in [-0.39, 0.29) is 4.90 Å². The maximum Gasteiger partial charge on any atom is 0.294 e. The molecule has 0 spiro atoms. The van der Waals surface area contributed by atoms with Crippen LogP contribution in [0.15, 0.2) is 52.0 Å². The Morgan fingerprint density at radius 3 is 2.53 bits per heavy atom. The molecule has 0 saturated carbocycles. The summed E-state index contributed by atoms with van der Waals surface area (Å²) in [6, 6.07) is 9.34. The average Bonchev–Trinajstić information content (AvgIpc) is 2.69. The Hall–Kier alpha value is -1.59. The van der Waals surface area contributed by atoms with Crippen molar-refractivity contribution in [2.75, 3.05) is 0 Å². The van der Waals surface area contributed by atoms with Gasteiger partial charge in [-0.05, 0) is 24.3 Å². The highest BCUT2D eigenvalue weighted by atomic mass is 32.2. The molecule has 0 aliphatic rings. The van der Waals surface area contributed by atoms with Gasteiger partial charge in [0, 0.05) is 5.56 Å². The van der Waals surface area contributed by atoms with Crippen LogP contribution in [0, 0.1) is 0 Å². The van der Waals surface area contributed by atoms with E-state index in [4.69, 9.17) is 8.97 Å². The lowest BCUT2D eigenvalue weighted by atomic mass is 10.2. The third-order valence-electron chi connectivity index (χ3n) is 1.94. The highest BCUT2D eigenvalue weighted by Gasteiger charge is 2.10. The zero-order valence-corrected chi connectivity index (χ0v) is 8.44. The second kappa shape index (κ2) is 3.52. The molecule has 1 aromatic heterocycles. The van der Waals surface area contributed by atoms with Gasteiger partial charge < -0.3 is 4.42 Å². The van der Waals surface area contributed by atoms with Crippen LogP contribution in [0.2, 0.25) is 0 Å². The molecule has 0 radical (unpaired) electrons. The Kier molecular flexibility index (Phi) is 2.34. The van der Waals surface area contributed by atoms with E-state index in [2.05, 4.69) is 0 Å². The van der Waals surface area contributed by atoms with E-state index in [0.717, 1.165) is 0 Å². The Morgan fingerprint density at radius 2 is 1.93 bits per heavy atom. The number of hydrogen-bond acceptors (Lipinski definition) is 3. The predicted molar refractivity (Wildman–Crippen MR) is 54.0 cm³/mol. The van der Waals surface area contributed by atoms with Crippen LogP contribution < -0.4 is 0 Å². The Bertz CT molecular complexity index is 555. The molecule has 5 heteroatoms. The van der Waals surface area contributed by atoms with Crippen molar-refractivity contribution in [3.63, 3.8) is 0 Å². The van der Waals surface area contributed by atoms with Gasteiger partial charge in [0.25, 0.3) is 10.1 Å². The van der Waals surface area contributed by atoms with Crippen molar-refractivity contribution in [3.05, 3.63) is 42.7 Å². The minimum atomic E-state index is -4.16. The quantitative estimate of drug-likeness (QED) is 0.794. The van der Waals surface area contributed by atoms with Crippen LogP contribution in [0.4, 0.5) is 0 Å². The Balaban J connectivity index is 2.53. The molecule has 2 rings (SSSR count). The van der Waals surface area contributed by atoms with Gasteiger partial charge in [0.05, 0.1) is 11.2 Å². The van der Waals surface area contributed by atoms with Gasteiger partial charge in [-0.25, -0.2) is 0 Å². The van der Waals surface area contributed by atoms with Gasteiger partial charge in [-0.3, -0.25) is 4.55 Å². The normalized spacial score (nSPS) is 11.5. The molecule has 4 nitrogen and oxygen atoms in total. The first-order valence-corrected chi connectivity index (χ1v) is 5.63. The SMILES string of the molecule is O=S(=O)(O)c1cccc(-c2ccco2)c1. The largest absolute Gasteiger partial charge is 0.464 e. The molecule has 0 saturated heterocycles. The summed E-state index contributed by atoms with van der Waals surface area (Å²) in [4.78, 5) is -0.142. The van der Waals surface area contributed by atoms with Crippen molar-refractivity contribution in [1.29, 1.82) is 0 Å². The fraction of sp³-hybridized carbons (Fsp3) is 0. The van der Waals surface area contributed by atoms with E-state index >= 15 is 0 Å². The summed E-state index contributed by atoms with van der Waals surface area (Å²) < 4.78 is 35.7. The smallest absolute Gasteiger partial charge is 0.294 e. The zero-order valence-electron chi connectivity index (χ0n) is 7.62. The van der Waals surface area contributed by atoms with E-state index in [0.29, 0.717) is 11.3 Å². The number of furan rings is 1. The van der Waals surface area contributed by atoms with Crippen LogP contribution in [0.5, 0.6) is 0 Å². The molecule has 0 unspecified atom stereocenters. The van der Waals surface area contributed by atoms with Crippen molar-refractivity contribution in [3.8, 4) is 11.3 Å². The van der Waals surface area contributed by atoms with E-state index in [1.54, 1.807) is 24.3 Å². The Morgan fingerprint density at radius 1 is 1.13 bits per heavy atom. The van der Waals surface area contributed by atoms with E-state index in [1.807, 2.05) is 0 Å². The second-order valence-corrected chi connectivity index (χ2v) is 4.40. The predicted octanol–water partition coefficient (Wildman–Crippen LogP) is 2.19. The molecular weight excluding hydrogens is 216 g/mol. The minimum absolute atomic E-state index is 0.142. The molecule has 0 bridgehead atoms. The summed E-state index contributed by atoms with van der Waals surface area (Å²) in [6.45, 7) is 0. The lowest BCUT2D eigenvalue weighted by molar-refractivity contribution is 0.483. The van der Waals surface area contributed by atoms with Crippen LogP contribution in [0.1, 0.15) is 0 Å². The minimum Gasteiger partial charge on any atom is -0.464 e. The van der Waals surface area contributed by atoms with Crippen LogP contribution in [-0.2, 0) is 10.1 Å². The number of rotatable bonds is 2. The molecule has 0 atom stereocenters. The summed E-state index contributed by atoms with van der Waals surface area (Å²) in [7, 11) is -4.16. The lowest BCUT2D eigenvalue weighted by Crippen LogP contribution is -1.97. The number of benzene rings is 1. The third kappa shape index (κ3) is 2.08. The molecule has 0 aliphatic heterocycles. The molecule has 1 N–H and O–H groups in total. The van der Waals surface area contributed by atoms with Gasteiger partial charge in [0.15, 0.2) is 0 Å². The molecule has 78 valence electrons. The lowest BCUT2D eigenvalue weighted by Gasteiger charge is -1.99. The summed E-state index contributed by atoms with van der Waals surface area (Å²) >= 11 is 0. The van der Waals surface area contributed by atoms with Crippen molar-refractivity contribution < 1.29 is 17.4 Å².